The SMILES string of the molecule is O=C(COc1cccc(Cl)c1Cl)NC(=O)Nc1ccc2c(c1)OCCO2. The van der Waals surface area contributed by atoms with E-state index < -0.39 is 18.5 Å². The van der Waals surface area contributed by atoms with E-state index in [1.807, 2.05) is 0 Å². The number of carbonyl (C=O) groups excluding carboxylic acids is 2. The van der Waals surface area contributed by atoms with E-state index in [9.17, 15) is 9.59 Å². The fraction of sp³-hybridized carbons (Fsp3) is 0.176. The Hall–Kier alpha value is -2.64. The molecule has 136 valence electrons. The molecule has 0 aromatic heterocycles. The molecule has 0 fully saturated rings. The molecule has 2 N–H and O–H groups in total. The zero-order chi connectivity index (χ0) is 18.5. The van der Waals surface area contributed by atoms with Gasteiger partial charge >= 0.3 is 6.03 Å². The monoisotopic (exact) mass is 396 g/mol. The molecule has 0 atom stereocenters. The van der Waals surface area contributed by atoms with Crippen molar-refractivity contribution < 1.29 is 23.8 Å². The van der Waals surface area contributed by atoms with Crippen molar-refractivity contribution in [2.45, 2.75) is 0 Å². The largest absolute Gasteiger partial charge is 0.486 e. The molecule has 0 saturated heterocycles. The number of imide groups is 1. The minimum absolute atomic E-state index is 0.197. The zero-order valence-electron chi connectivity index (χ0n) is 13.4. The second kappa shape index (κ2) is 8.16. The Morgan fingerprint density at radius 3 is 2.65 bits per heavy atom. The summed E-state index contributed by atoms with van der Waals surface area (Å²) in [5, 5.41) is 5.19. The minimum atomic E-state index is -0.701. The number of benzene rings is 2. The Balaban J connectivity index is 1.51. The summed E-state index contributed by atoms with van der Waals surface area (Å²) in [7, 11) is 0. The molecule has 0 unspecified atom stereocenters. The Morgan fingerprint density at radius 2 is 1.85 bits per heavy atom. The fourth-order valence-electron chi connectivity index (χ4n) is 2.18. The lowest BCUT2D eigenvalue weighted by Crippen LogP contribution is -2.37. The normalized spacial score (nSPS) is 12.2. The highest BCUT2D eigenvalue weighted by molar-refractivity contribution is 6.42. The molecule has 2 aromatic carbocycles. The van der Waals surface area contributed by atoms with E-state index in [4.69, 9.17) is 37.4 Å². The van der Waals surface area contributed by atoms with Crippen LogP contribution in [-0.2, 0) is 4.79 Å². The summed E-state index contributed by atoms with van der Waals surface area (Å²) >= 11 is 11.8. The summed E-state index contributed by atoms with van der Waals surface area (Å²) in [6.07, 6.45) is 0. The molecule has 0 spiro atoms. The molecule has 7 nitrogen and oxygen atoms in total. The number of ether oxygens (including phenoxy) is 3. The van der Waals surface area contributed by atoms with Gasteiger partial charge in [-0.3, -0.25) is 10.1 Å². The van der Waals surface area contributed by atoms with Crippen molar-refractivity contribution in [1.29, 1.82) is 0 Å². The molecule has 0 saturated carbocycles. The quantitative estimate of drug-likeness (QED) is 0.825. The number of rotatable bonds is 4. The number of hydrogen-bond acceptors (Lipinski definition) is 5. The standard InChI is InChI=1S/C17H14Cl2N2O5/c18-11-2-1-3-13(16(11)19)26-9-15(22)21-17(23)20-10-4-5-12-14(8-10)25-7-6-24-12/h1-5,8H,6-7,9H2,(H2,20,21,22,23). The van der Waals surface area contributed by atoms with Gasteiger partial charge < -0.3 is 19.5 Å². The topological polar surface area (TPSA) is 85.9 Å². The third kappa shape index (κ3) is 4.50. The minimum Gasteiger partial charge on any atom is -0.486 e. The van der Waals surface area contributed by atoms with Gasteiger partial charge in [0.15, 0.2) is 18.1 Å². The van der Waals surface area contributed by atoms with Crippen LogP contribution in [0.4, 0.5) is 10.5 Å². The van der Waals surface area contributed by atoms with Crippen LogP contribution >= 0.6 is 23.2 Å². The Morgan fingerprint density at radius 1 is 1.08 bits per heavy atom. The van der Waals surface area contributed by atoms with Crippen molar-refractivity contribution in [3.8, 4) is 17.2 Å². The van der Waals surface area contributed by atoms with Gasteiger partial charge in [0.1, 0.15) is 24.0 Å². The zero-order valence-corrected chi connectivity index (χ0v) is 14.9. The van der Waals surface area contributed by atoms with Crippen molar-refractivity contribution in [2.75, 3.05) is 25.1 Å². The van der Waals surface area contributed by atoms with E-state index in [1.54, 1.807) is 36.4 Å². The summed E-state index contributed by atoms with van der Waals surface area (Å²) in [4.78, 5) is 23.7. The van der Waals surface area contributed by atoms with Crippen molar-refractivity contribution in [1.82, 2.24) is 5.32 Å². The van der Waals surface area contributed by atoms with Gasteiger partial charge in [-0.25, -0.2) is 4.79 Å². The Kier molecular flexibility index (Phi) is 5.70. The maximum absolute atomic E-state index is 11.9. The van der Waals surface area contributed by atoms with Gasteiger partial charge in [0, 0.05) is 11.8 Å². The molecular formula is C17H14Cl2N2O5. The molecular weight excluding hydrogens is 383 g/mol. The number of amides is 3. The molecule has 0 aliphatic carbocycles. The van der Waals surface area contributed by atoms with Crippen LogP contribution in [-0.4, -0.2) is 31.8 Å². The van der Waals surface area contributed by atoms with Gasteiger partial charge in [-0.15, -0.1) is 0 Å². The summed E-state index contributed by atoms with van der Waals surface area (Å²) in [5.74, 6) is 0.738. The van der Waals surface area contributed by atoms with Crippen molar-refractivity contribution in [3.05, 3.63) is 46.4 Å². The van der Waals surface area contributed by atoms with Gasteiger partial charge in [0.2, 0.25) is 0 Å². The number of carbonyl (C=O) groups is 2. The lowest BCUT2D eigenvalue weighted by Gasteiger charge is -2.19. The Labute approximate surface area is 159 Å². The third-order valence-electron chi connectivity index (χ3n) is 3.33. The average molecular weight is 397 g/mol. The molecule has 0 radical (unpaired) electrons. The lowest BCUT2D eigenvalue weighted by molar-refractivity contribution is -0.121. The van der Waals surface area contributed by atoms with Crippen LogP contribution in [0.1, 0.15) is 0 Å². The molecule has 2 aromatic rings. The van der Waals surface area contributed by atoms with Crippen LogP contribution in [0.25, 0.3) is 0 Å². The maximum Gasteiger partial charge on any atom is 0.325 e. The van der Waals surface area contributed by atoms with Gasteiger partial charge in [0.05, 0.1) is 5.02 Å². The second-order valence-corrected chi connectivity index (χ2v) is 5.99. The van der Waals surface area contributed by atoms with Gasteiger partial charge in [0.25, 0.3) is 5.91 Å². The Bertz CT molecular complexity index is 844. The highest BCUT2D eigenvalue weighted by atomic mass is 35.5. The molecule has 1 aliphatic heterocycles. The maximum atomic E-state index is 11.9. The smallest absolute Gasteiger partial charge is 0.325 e. The van der Waals surface area contributed by atoms with Gasteiger partial charge in [-0.2, -0.15) is 0 Å². The van der Waals surface area contributed by atoms with Crippen LogP contribution in [0.5, 0.6) is 17.2 Å². The number of fused-ring (bicyclic) bond motifs is 1. The third-order valence-corrected chi connectivity index (χ3v) is 4.13. The molecule has 3 amide bonds. The average Bonchev–Trinajstić information content (AvgIpc) is 2.62. The van der Waals surface area contributed by atoms with Crippen LogP contribution in [0.2, 0.25) is 10.0 Å². The fourth-order valence-corrected chi connectivity index (χ4v) is 2.53. The van der Waals surface area contributed by atoms with Crippen molar-refractivity contribution in [2.24, 2.45) is 0 Å². The summed E-state index contributed by atoms with van der Waals surface area (Å²) < 4.78 is 16.1. The second-order valence-electron chi connectivity index (χ2n) is 5.20. The molecule has 3 rings (SSSR count). The predicted molar refractivity (Wildman–Crippen MR) is 96.6 cm³/mol. The first-order valence-corrected chi connectivity index (χ1v) is 8.36. The first-order valence-electron chi connectivity index (χ1n) is 7.60. The highest BCUT2D eigenvalue weighted by Crippen LogP contribution is 2.33. The summed E-state index contributed by atoms with van der Waals surface area (Å²) in [5.41, 5.74) is 0.457. The van der Waals surface area contributed by atoms with Gasteiger partial charge in [-0.05, 0) is 24.3 Å². The number of anilines is 1. The first kappa shape index (κ1) is 18.2. The van der Waals surface area contributed by atoms with Crippen molar-refractivity contribution >= 4 is 40.8 Å². The molecule has 1 aliphatic rings. The number of halogens is 2. The molecule has 1 heterocycles. The van der Waals surface area contributed by atoms with Crippen LogP contribution in [0.3, 0.4) is 0 Å². The lowest BCUT2D eigenvalue weighted by atomic mass is 10.2. The molecule has 0 bridgehead atoms. The number of urea groups is 1. The highest BCUT2D eigenvalue weighted by Gasteiger charge is 2.14. The van der Waals surface area contributed by atoms with Crippen LogP contribution in [0, 0.1) is 0 Å². The predicted octanol–water partition coefficient (Wildman–Crippen LogP) is 3.49. The van der Waals surface area contributed by atoms with E-state index in [0.29, 0.717) is 35.4 Å². The van der Waals surface area contributed by atoms with E-state index in [1.165, 1.54) is 0 Å². The summed E-state index contributed by atoms with van der Waals surface area (Å²) in [6, 6.07) is 9.02. The van der Waals surface area contributed by atoms with Gasteiger partial charge in [-0.1, -0.05) is 29.3 Å². The van der Waals surface area contributed by atoms with E-state index >= 15 is 0 Å². The molecule has 9 heteroatoms. The van der Waals surface area contributed by atoms with Crippen molar-refractivity contribution in [3.63, 3.8) is 0 Å². The van der Waals surface area contributed by atoms with E-state index in [2.05, 4.69) is 10.6 Å². The number of hydrogen-bond donors (Lipinski definition) is 2. The van der Waals surface area contributed by atoms with E-state index in [0.717, 1.165) is 0 Å². The summed E-state index contributed by atoms with van der Waals surface area (Å²) in [6.45, 7) is 0.518. The van der Waals surface area contributed by atoms with E-state index in [-0.39, 0.29) is 10.8 Å². The van der Waals surface area contributed by atoms with Crippen LogP contribution in [0.15, 0.2) is 36.4 Å². The molecule has 26 heavy (non-hydrogen) atoms. The first-order chi connectivity index (χ1) is 12.5. The number of nitrogens with one attached hydrogen (secondary N) is 2. The van der Waals surface area contributed by atoms with Crippen LogP contribution < -0.4 is 24.8 Å².